The summed E-state index contributed by atoms with van der Waals surface area (Å²) in [4.78, 5) is 21.2. The lowest BCUT2D eigenvalue weighted by Gasteiger charge is -2.05. The van der Waals surface area contributed by atoms with Crippen molar-refractivity contribution in [3.8, 4) is 22.8 Å². The number of hydrogen-bond acceptors (Lipinski definition) is 6. The van der Waals surface area contributed by atoms with Gasteiger partial charge in [0.25, 0.3) is 0 Å². The van der Waals surface area contributed by atoms with Gasteiger partial charge in [0.05, 0.1) is 26.3 Å². The van der Waals surface area contributed by atoms with Gasteiger partial charge in [-0.05, 0) is 42.0 Å². The van der Waals surface area contributed by atoms with Crippen LogP contribution in [0, 0.1) is 0 Å². The van der Waals surface area contributed by atoms with Gasteiger partial charge in [-0.25, -0.2) is 14.5 Å². The highest BCUT2D eigenvalue weighted by atomic mass is 16.5. The smallest absolute Gasteiger partial charge is 0.224 e. The van der Waals surface area contributed by atoms with Gasteiger partial charge in [-0.1, -0.05) is 12.1 Å². The first-order valence-corrected chi connectivity index (χ1v) is 9.90. The van der Waals surface area contributed by atoms with E-state index in [9.17, 15) is 4.79 Å². The fourth-order valence-electron chi connectivity index (χ4n) is 3.17. The number of ether oxygens (including phenoxy) is 2. The van der Waals surface area contributed by atoms with Gasteiger partial charge in [0.15, 0.2) is 11.5 Å². The van der Waals surface area contributed by atoms with Gasteiger partial charge < -0.3 is 14.8 Å². The second-order valence-electron chi connectivity index (χ2n) is 6.96. The van der Waals surface area contributed by atoms with E-state index in [2.05, 4.69) is 20.4 Å². The standard InChI is InChI=1S/C23H23N5O3/c1-30-18-7-3-16(4-8-18)13-23(29)24-12-11-21-26-22-14-20(25-15-28(22)27-21)17-5-9-19(31-2)10-6-17/h3-10,14-15H,11-13H2,1-2H3,(H,24,29). The number of fused-ring (bicyclic) bond motifs is 1. The minimum atomic E-state index is -0.0441. The molecule has 1 amide bonds. The molecular weight excluding hydrogens is 394 g/mol. The summed E-state index contributed by atoms with van der Waals surface area (Å²) in [5, 5.41) is 7.35. The molecule has 8 heteroatoms. The van der Waals surface area contributed by atoms with Crippen molar-refractivity contribution in [1.82, 2.24) is 24.9 Å². The number of nitrogens with one attached hydrogen (secondary N) is 1. The third-order valence-electron chi connectivity index (χ3n) is 4.85. The maximum atomic E-state index is 12.2. The summed E-state index contributed by atoms with van der Waals surface area (Å²) in [6.45, 7) is 0.463. The van der Waals surface area contributed by atoms with E-state index in [0.717, 1.165) is 28.3 Å². The molecule has 0 radical (unpaired) electrons. The lowest BCUT2D eigenvalue weighted by molar-refractivity contribution is -0.120. The summed E-state index contributed by atoms with van der Waals surface area (Å²) < 4.78 is 12.0. The second-order valence-corrected chi connectivity index (χ2v) is 6.96. The summed E-state index contributed by atoms with van der Waals surface area (Å²) in [7, 11) is 3.25. The minimum absolute atomic E-state index is 0.0441. The first kappa shape index (κ1) is 20.3. The highest BCUT2D eigenvalue weighted by molar-refractivity contribution is 5.78. The van der Waals surface area contributed by atoms with Gasteiger partial charge in [-0.15, -0.1) is 5.10 Å². The molecular formula is C23H23N5O3. The summed E-state index contributed by atoms with van der Waals surface area (Å²) in [6.07, 6.45) is 2.50. The molecule has 2 aromatic carbocycles. The van der Waals surface area contributed by atoms with Crippen LogP contribution in [0.5, 0.6) is 11.5 Å². The molecule has 1 N–H and O–H groups in total. The Bertz CT molecular complexity index is 1170. The third-order valence-corrected chi connectivity index (χ3v) is 4.85. The van der Waals surface area contributed by atoms with Crippen molar-refractivity contribution in [2.45, 2.75) is 12.8 Å². The highest BCUT2D eigenvalue weighted by Crippen LogP contribution is 2.21. The van der Waals surface area contributed by atoms with Crippen molar-refractivity contribution in [2.24, 2.45) is 0 Å². The number of aromatic nitrogens is 4. The molecule has 0 saturated carbocycles. The summed E-state index contributed by atoms with van der Waals surface area (Å²) >= 11 is 0. The molecule has 0 fully saturated rings. The zero-order valence-electron chi connectivity index (χ0n) is 17.4. The Morgan fingerprint density at radius 3 is 2.35 bits per heavy atom. The van der Waals surface area contributed by atoms with Crippen LogP contribution in [0.3, 0.4) is 0 Å². The van der Waals surface area contributed by atoms with E-state index in [1.165, 1.54) is 0 Å². The molecule has 0 aliphatic carbocycles. The average molecular weight is 417 g/mol. The molecule has 0 bridgehead atoms. The molecule has 4 rings (SSSR count). The Morgan fingerprint density at radius 2 is 1.68 bits per heavy atom. The Kier molecular flexibility index (Phi) is 6.07. The molecule has 31 heavy (non-hydrogen) atoms. The molecule has 8 nitrogen and oxygen atoms in total. The van der Waals surface area contributed by atoms with Crippen LogP contribution in [-0.4, -0.2) is 46.3 Å². The van der Waals surface area contributed by atoms with Crippen LogP contribution in [0.2, 0.25) is 0 Å². The van der Waals surface area contributed by atoms with Crippen molar-refractivity contribution >= 4 is 11.6 Å². The molecule has 2 heterocycles. The van der Waals surface area contributed by atoms with Gasteiger partial charge in [-0.3, -0.25) is 4.79 Å². The van der Waals surface area contributed by atoms with E-state index in [-0.39, 0.29) is 5.91 Å². The van der Waals surface area contributed by atoms with Crippen LogP contribution in [0.4, 0.5) is 0 Å². The quantitative estimate of drug-likeness (QED) is 0.474. The molecule has 2 aromatic heterocycles. The van der Waals surface area contributed by atoms with E-state index in [1.807, 2.05) is 54.6 Å². The van der Waals surface area contributed by atoms with Crippen LogP contribution in [0.1, 0.15) is 11.4 Å². The number of carbonyl (C=O) groups is 1. The van der Waals surface area contributed by atoms with Gasteiger partial charge in [0.1, 0.15) is 17.8 Å². The Hall–Kier alpha value is -3.94. The fraction of sp³-hybridized carbons (Fsp3) is 0.217. The van der Waals surface area contributed by atoms with Crippen molar-refractivity contribution in [2.75, 3.05) is 20.8 Å². The van der Waals surface area contributed by atoms with Crippen LogP contribution < -0.4 is 14.8 Å². The van der Waals surface area contributed by atoms with Crippen LogP contribution in [0.25, 0.3) is 16.9 Å². The zero-order chi connectivity index (χ0) is 21.6. The number of amides is 1. The number of benzene rings is 2. The van der Waals surface area contributed by atoms with E-state index in [0.29, 0.717) is 30.9 Å². The summed E-state index contributed by atoms with van der Waals surface area (Å²) in [5.74, 6) is 2.17. The van der Waals surface area contributed by atoms with Gasteiger partial charge in [0, 0.05) is 24.6 Å². The molecule has 4 aromatic rings. The van der Waals surface area contributed by atoms with Gasteiger partial charge in [0.2, 0.25) is 5.91 Å². The molecule has 158 valence electrons. The summed E-state index contributed by atoms with van der Waals surface area (Å²) in [5.41, 5.74) is 3.42. The predicted octanol–water partition coefficient (Wildman–Crippen LogP) is 2.71. The molecule has 0 unspecified atom stereocenters. The van der Waals surface area contributed by atoms with Crippen molar-refractivity contribution in [3.05, 3.63) is 72.3 Å². The largest absolute Gasteiger partial charge is 0.497 e. The molecule has 0 spiro atoms. The molecule has 0 atom stereocenters. The van der Waals surface area contributed by atoms with Crippen molar-refractivity contribution in [1.29, 1.82) is 0 Å². The Labute approximate surface area is 179 Å². The number of nitrogens with zero attached hydrogens (tertiary/aromatic N) is 4. The normalized spacial score (nSPS) is 10.8. The third kappa shape index (κ3) is 4.98. The fourth-order valence-corrected chi connectivity index (χ4v) is 3.17. The number of carbonyl (C=O) groups excluding carboxylic acids is 1. The van der Waals surface area contributed by atoms with Crippen molar-refractivity contribution < 1.29 is 14.3 Å². The predicted molar refractivity (Wildman–Crippen MR) is 116 cm³/mol. The van der Waals surface area contributed by atoms with Crippen LogP contribution >= 0.6 is 0 Å². The van der Waals surface area contributed by atoms with Crippen molar-refractivity contribution in [3.63, 3.8) is 0 Å². The second kappa shape index (κ2) is 9.25. The number of hydrogen-bond donors (Lipinski definition) is 1. The lowest BCUT2D eigenvalue weighted by Crippen LogP contribution is -2.27. The molecule has 0 aliphatic heterocycles. The SMILES string of the molecule is COc1ccc(CC(=O)NCCc2nc3cc(-c4ccc(OC)cc4)ncn3n2)cc1. The zero-order valence-corrected chi connectivity index (χ0v) is 17.4. The molecule has 0 saturated heterocycles. The highest BCUT2D eigenvalue weighted by Gasteiger charge is 2.09. The first-order chi connectivity index (χ1) is 15.1. The maximum Gasteiger partial charge on any atom is 0.224 e. The molecule has 0 aliphatic rings. The number of rotatable bonds is 8. The van der Waals surface area contributed by atoms with E-state index >= 15 is 0 Å². The van der Waals surface area contributed by atoms with E-state index in [4.69, 9.17) is 9.47 Å². The monoisotopic (exact) mass is 417 g/mol. The summed E-state index contributed by atoms with van der Waals surface area (Å²) in [6, 6.07) is 17.0. The average Bonchev–Trinajstić information content (AvgIpc) is 3.21. The van der Waals surface area contributed by atoms with Crippen LogP contribution in [0.15, 0.2) is 60.9 Å². The van der Waals surface area contributed by atoms with Gasteiger partial charge >= 0.3 is 0 Å². The topological polar surface area (TPSA) is 90.6 Å². The van der Waals surface area contributed by atoms with Gasteiger partial charge in [-0.2, -0.15) is 0 Å². The number of methoxy groups -OCH3 is 2. The lowest BCUT2D eigenvalue weighted by atomic mass is 10.1. The Balaban J connectivity index is 1.34. The first-order valence-electron chi connectivity index (χ1n) is 9.90. The maximum absolute atomic E-state index is 12.2. The van der Waals surface area contributed by atoms with E-state index < -0.39 is 0 Å². The van der Waals surface area contributed by atoms with E-state index in [1.54, 1.807) is 25.1 Å². The minimum Gasteiger partial charge on any atom is -0.497 e. The van der Waals surface area contributed by atoms with Crippen LogP contribution in [-0.2, 0) is 17.6 Å². The Morgan fingerprint density at radius 1 is 1.00 bits per heavy atom.